The molecule has 1 aliphatic rings. The van der Waals surface area contributed by atoms with Crippen LogP contribution in [0.4, 0.5) is 4.39 Å². The molecule has 124 valence electrons. The van der Waals surface area contributed by atoms with Gasteiger partial charge in [0.2, 0.25) is 5.91 Å². The second kappa shape index (κ2) is 9.61. The maximum atomic E-state index is 13.4. The van der Waals surface area contributed by atoms with E-state index in [-0.39, 0.29) is 29.9 Å². The van der Waals surface area contributed by atoms with Crippen LogP contribution in [-0.2, 0) is 4.79 Å². The maximum absolute atomic E-state index is 13.4. The number of halogens is 2. The van der Waals surface area contributed by atoms with Gasteiger partial charge in [-0.05, 0) is 19.2 Å². The van der Waals surface area contributed by atoms with Crippen LogP contribution in [0, 0.1) is 5.82 Å². The molecule has 0 bridgehead atoms. The lowest BCUT2D eigenvalue weighted by atomic mass is 10.3. The molecule has 1 N–H and O–H groups in total. The third-order valence-electron chi connectivity index (χ3n) is 3.44. The van der Waals surface area contributed by atoms with E-state index in [1.807, 2.05) is 16.8 Å². The van der Waals surface area contributed by atoms with E-state index in [0.29, 0.717) is 19.7 Å². The van der Waals surface area contributed by atoms with Crippen molar-refractivity contribution < 1.29 is 13.9 Å². The summed E-state index contributed by atoms with van der Waals surface area (Å²) in [6.07, 6.45) is 0. The van der Waals surface area contributed by atoms with Crippen LogP contribution in [-0.4, -0.2) is 68.6 Å². The van der Waals surface area contributed by atoms with Crippen molar-refractivity contribution >= 4 is 18.3 Å². The summed E-state index contributed by atoms with van der Waals surface area (Å²) in [6, 6.07) is 6.32. The zero-order valence-corrected chi connectivity index (χ0v) is 13.6. The van der Waals surface area contributed by atoms with Gasteiger partial charge in [-0.15, -0.1) is 12.4 Å². The van der Waals surface area contributed by atoms with Crippen molar-refractivity contribution in [3.63, 3.8) is 0 Å². The summed E-state index contributed by atoms with van der Waals surface area (Å²) in [6.45, 7) is 4.52. The second-order valence-electron chi connectivity index (χ2n) is 5.15. The molecule has 0 atom stereocenters. The Morgan fingerprint density at radius 2 is 2.05 bits per heavy atom. The van der Waals surface area contributed by atoms with Gasteiger partial charge in [-0.25, -0.2) is 4.39 Å². The molecule has 0 unspecified atom stereocenters. The normalized spacial score (nSPS) is 14.6. The van der Waals surface area contributed by atoms with Crippen LogP contribution in [0.15, 0.2) is 24.3 Å². The summed E-state index contributed by atoms with van der Waals surface area (Å²) in [7, 11) is 1.87. The fourth-order valence-corrected chi connectivity index (χ4v) is 2.20. The van der Waals surface area contributed by atoms with Crippen molar-refractivity contribution in [1.82, 2.24) is 15.1 Å². The predicted octanol–water partition coefficient (Wildman–Crippen LogP) is 0.990. The molecule has 0 saturated carbocycles. The number of nitrogens with zero attached hydrogens (tertiary/aromatic N) is 2. The molecule has 0 spiro atoms. The molecular formula is C15H23ClFN3O2. The highest BCUT2D eigenvalue weighted by atomic mass is 35.5. The average Bonchev–Trinajstić information content (AvgIpc) is 2.50. The summed E-state index contributed by atoms with van der Waals surface area (Å²) in [5, 5.41) is 3.22. The van der Waals surface area contributed by atoms with E-state index in [1.54, 1.807) is 18.2 Å². The fraction of sp³-hybridized carbons (Fsp3) is 0.533. The molecule has 0 aliphatic carbocycles. The minimum atomic E-state index is -0.364. The van der Waals surface area contributed by atoms with Gasteiger partial charge in [-0.2, -0.15) is 0 Å². The van der Waals surface area contributed by atoms with E-state index >= 15 is 0 Å². The Morgan fingerprint density at radius 3 is 2.73 bits per heavy atom. The molecule has 1 fully saturated rings. The molecule has 22 heavy (non-hydrogen) atoms. The first-order valence-corrected chi connectivity index (χ1v) is 7.21. The number of hydrogen-bond acceptors (Lipinski definition) is 4. The van der Waals surface area contributed by atoms with E-state index in [2.05, 4.69) is 5.32 Å². The Balaban J connectivity index is 0.00000242. The van der Waals surface area contributed by atoms with E-state index in [0.717, 1.165) is 26.2 Å². The topological polar surface area (TPSA) is 44.8 Å². The SMILES string of the molecule is CN(CCOc1ccccc1F)CC(=O)N1CCNCC1.Cl. The van der Waals surface area contributed by atoms with Crippen molar-refractivity contribution in [2.75, 3.05) is 52.9 Å². The van der Waals surface area contributed by atoms with Crippen LogP contribution in [0.25, 0.3) is 0 Å². The first-order valence-electron chi connectivity index (χ1n) is 7.21. The van der Waals surface area contributed by atoms with E-state index in [1.165, 1.54) is 6.07 Å². The van der Waals surface area contributed by atoms with Gasteiger partial charge in [0, 0.05) is 32.7 Å². The largest absolute Gasteiger partial charge is 0.489 e. The summed E-state index contributed by atoms with van der Waals surface area (Å²) in [5.74, 6) is 0.0151. The van der Waals surface area contributed by atoms with Crippen LogP contribution in [0.1, 0.15) is 0 Å². The first-order chi connectivity index (χ1) is 10.2. The molecule has 1 aromatic carbocycles. The highest BCUT2D eigenvalue weighted by Gasteiger charge is 2.17. The van der Waals surface area contributed by atoms with Gasteiger partial charge in [-0.3, -0.25) is 9.69 Å². The van der Waals surface area contributed by atoms with Crippen LogP contribution in [0.2, 0.25) is 0 Å². The number of likely N-dealkylation sites (N-methyl/N-ethyl adjacent to an activating group) is 1. The molecule has 0 aromatic heterocycles. The van der Waals surface area contributed by atoms with Crippen molar-refractivity contribution in [2.24, 2.45) is 0 Å². The number of piperazine rings is 1. The molecular weight excluding hydrogens is 309 g/mol. The Bertz CT molecular complexity index is 470. The molecule has 0 radical (unpaired) electrons. The standard InChI is InChI=1S/C15H22FN3O2.ClH/c1-18(12-15(20)19-8-6-17-7-9-19)10-11-21-14-5-3-2-4-13(14)16;/h2-5,17H,6-12H2,1H3;1H. The molecule has 1 aliphatic heterocycles. The molecule has 7 heteroatoms. The first kappa shape index (κ1) is 18.7. The number of carbonyl (C=O) groups excluding carboxylic acids is 1. The summed E-state index contributed by atoms with van der Waals surface area (Å²) in [5.41, 5.74) is 0. The lowest BCUT2D eigenvalue weighted by Gasteiger charge is -2.29. The van der Waals surface area contributed by atoms with Gasteiger partial charge in [0.05, 0.1) is 6.54 Å². The number of para-hydroxylation sites is 1. The monoisotopic (exact) mass is 331 g/mol. The Labute approximate surface area is 136 Å². The van der Waals surface area contributed by atoms with Gasteiger partial charge >= 0.3 is 0 Å². The Kier molecular flexibility index (Phi) is 8.16. The quantitative estimate of drug-likeness (QED) is 0.844. The number of amides is 1. The minimum Gasteiger partial charge on any atom is -0.489 e. The van der Waals surface area contributed by atoms with Gasteiger partial charge in [0.15, 0.2) is 11.6 Å². The van der Waals surface area contributed by atoms with Crippen molar-refractivity contribution in [3.05, 3.63) is 30.1 Å². The van der Waals surface area contributed by atoms with Gasteiger partial charge < -0.3 is 15.0 Å². The number of benzene rings is 1. The van der Waals surface area contributed by atoms with Crippen molar-refractivity contribution in [3.8, 4) is 5.75 Å². The predicted molar refractivity (Wildman–Crippen MR) is 86.1 cm³/mol. The van der Waals surface area contributed by atoms with E-state index in [9.17, 15) is 9.18 Å². The smallest absolute Gasteiger partial charge is 0.236 e. The van der Waals surface area contributed by atoms with Crippen molar-refractivity contribution in [1.29, 1.82) is 0 Å². The highest BCUT2D eigenvalue weighted by molar-refractivity contribution is 5.85. The van der Waals surface area contributed by atoms with E-state index < -0.39 is 0 Å². The van der Waals surface area contributed by atoms with Crippen molar-refractivity contribution in [2.45, 2.75) is 0 Å². The van der Waals surface area contributed by atoms with Gasteiger partial charge in [-0.1, -0.05) is 12.1 Å². The molecule has 2 rings (SSSR count). The van der Waals surface area contributed by atoms with Gasteiger partial charge in [0.1, 0.15) is 6.61 Å². The molecule has 5 nitrogen and oxygen atoms in total. The zero-order chi connectivity index (χ0) is 15.1. The number of hydrogen-bond donors (Lipinski definition) is 1. The maximum Gasteiger partial charge on any atom is 0.236 e. The lowest BCUT2D eigenvalue weighted by molar-refractivity contribution is -0.132. The molecule has 1 aromatic rings. The van der Waals surface area contributed by atoms with Gasteiger partial charge in [0.25, 0.3) is 0 Å². The molecule has 1 amide bonds. The average molecular weight is 332 g/mol. The Hall–Kier alpha value is -1.37. The minimum absolute atomic E-state index is 0. The lowest BCUT2D eigenvalue weighted by Crippen LogP contribution is -2.49. The number of carbonyl (C=O) groups is 1. The number of ether oxygens (including phenoxy) is 1. The fourth-order valence-electron chi connectivity index (χ4n) is 2.20. The summed E-state index contributed by atoms with van der Waals surface area (Å²) >= 11 is 0. The third-order valence-corrected chi connectivity index (χ3v) is 3.44. The van der Waals surface area contributed by atoms with Crippen LogP contribution < -0.4 is 10.1 Å². The molecule has 1 heterocycles. The van der Waals surface area contributed by atoms with Crippen LogP contribution in [0.5, 0.6) is 5.75 Å². The molecule has 1 saturated heterocycles. The Morgan fingerprint density at radius 1 is 1.36 bits per heavy atom. The number of nitrogens with one attached hydrogen (secondary N) is 1. The van der Waals surface area contributed by atoms with Crippen LogP contribution in [0.3, 0.4) is 0 Å². The zero-order valence-electron chi connectivity index (χ0n) is 12.8. The third kappa shape index (κ3) is 5.79. The number of rotatable bonds is 6. The second-order valence-corrected chi connectivity index (χ2v) is 5.15. The summed E-state index contributed by atoms with van der Waals surface area (Å²) in [4.78, 5) is 15.8. The highest BCUT2D eigenvalue weighted by Crippen LogP contribution is 2.14. The van der Waals surface area contributed by atoms with Crippen LogP contribution >= 0.6 is 12.4 Å². The van der Waals surface area contributed by atoms with E-state index in [4.69, 9.17) is 4.74 Å². The summed E-state index contributed by atoms with van der Waals surface area (Å²) < 4.78 is 18.7.